The summed E-state index contributed by atoms with van der Waals surface area (Å²) >= 11 is 1.79. The van der Waals surface area contributed by atoms with E-state index < -0.39 is 0 Å². The lowest BCUT2D eigenvalue weighted by Gasteiger charge is -2.02. The summed E-state index contributed by atoms with van der Waals surface area (Å²) in [5.41, 5.74) is 4.91. The third-order valence-corrected chi connectivity index (χ3v) is 4.22. The topological polar surface area (TPSA) is 12.9 Å². The largest absolute Gasteiger partial charge is 0.242 e. The Morgan fingerprint density at radius 2 is 1.95 bits per heavy atom. The van der Waals surface area contributed by atoms with Crippen LogP contribution in [0, 0.1) is 6.92 Å². The number of nitrogens with zero attached hydrogens (tertiary/aromatic N) is 1. The van der Waals surface area contributed by atoms with Gasteiger partial charge in [0.05, 0.1) is 15.2 Å². The van der Waals surface area contributed by atoms with E-state index in [1.54, 1.807) is 11.3 Å². The van der Waals surface area contributed by atoms with Crippen molar-refractivity contribution in [2.24, 2.45) is 0 Å². The Balaban J connectivity index is 2.05. The van der Waals surface area contributed by atoms with Gasteiger partial charge < -0.3 is 0 Å². The summed E-state index contributed by atoms with van der Waals surface area (Å²) in [7, 11) is 2.15. The van der Waals surface area contributed by atoms with Gasteiger partial charge in [-0.25, -0.2) is 4.98 Å². The molecular weight excluding hydrogens is 249 g/mol. The highest BCUT2D eigenvalue weighted by molar-refractivity contribution is 7.18. The molecule has 0 atom stereocenters. The molecule has 1 nitrogen and oxygen atoms in total. The Morgan fingerprint density at radius 3 is 2.74 bits per heavy atom. The number of benzene rings is 2. The molecular formula is C16H15BNS. The minimum atomic E-state index is 0.957. The second kappa shape index (κ2) is 5.18. The SMILES string of the molecule is C[B]Cc1nc2cc(-c3cccc(C)c3)ccc2s1. The van der Waals surface area contributed by atoms with Gasteiger partial charge in [-0.2, -0.15) is 0 Å². The third kappa shape index (κ3) is 2.56. The zero-order chi connectivity index (χ0) is 13.2. The molecule has 1 aromatic heterocycles. The number of aryl methyl sites for hydroxylation is 1. The van der Waals surface area contributed by atoms with Crippen LogP contribution in [0.2, 0.25) is 6.82 Å². The maximum atomic E-state index is 4.70. The van der Waals surface area contributed by atoms with Crippen LogP contribution in [0.3, 0.4) is 0 Å². The smallest absolute Gasteiger partial charge is 0.114 e. The Hall–Kier alpha value is -1.61. The van der Waals surface area contributed by atoms with Crippen LogP contribution >= 0.6 is 11.3 Å². The maximum absolute atomic E-state index is 4.70. The summed E-state index contributed by atoms with van der Waals surface area (Å²) in [5, 5.41) is 1.19. The molecule has 0 bridgehead atoms. The van der Waals surface area contributed by atoms with Gasteiger partial charge in [0.15, 0.2) is 0 Å². The number of hydrogen-bond donors (Lipinski definition) is 0. The molecule has 0 unspecified atom stereocenters. The Bertz CT molecular complexity index is 718. The first-order valence-electron chi connectivity index (χ1n) is 6.50. The van der Waals surface area contributed by atoms with Gasteiger partial charge in [-0.3, -0.25) is 0 Å². The highest BCUT2D eigenvalue weighted by atomic mass is 32.1. The van der Waals surface area contributed by atoms with Gasteiger partial charge >= 0.3 is 0 Å². The number of thiazole rings is 1. The monoisotopic (exact) mass is 264 g/mol. The number of aromatic nitrogens is 1. The maximum Gasteiger partial charge on any atom is 0.114 e. The molecule has 0 saturated carbocycles. The van der Waals surface area contributed by atoms with Crippen LogP contribution in [0.5, 0.6) is 0 Å². The molecule has 93 valence electrons. The zero-order valence-electron chi connectivity index (χ0n) is 11.2. The molecule has 0 fully saturated rings. The van der Waals surface area contributed by atoms with E-state index in [1.165, 1.54) is 26.4 Å². The first-order valence-corrected chi connectivity index (χ1v) is 7.32. The predicted molar refractivity (Wildman–Crippen MR) is 85.1 cm³/mol. The third-order valence-electron chi connectivity index (χ3n) is 3.16. The van der Waals surface area contributed by atoms with E-state index in [1.807, 2.05) is 0 Å². The van der Waals surface area contributed by atoms with Crippen molar-refractivity contribution in [3.8, 4) is 11.1 Å². The molecule has 1 radical (unpaired) electrons. The van der Waals surface area contributed by atoms with Crippen LogP contribution in [0.1, 0.15) is 10.6 Å². The van der Waals surface area contributed by atoms with Crippen LogP contribution < -0.4 is 0 Å². The van der Waals surface area contributed by atoms with Crippen molar-refractivity contribution in [2.75, 3.05) is 0 Å². The lowest BCUT2D eigenvalue weighted by Crippen LogP contribution is -1.88. The molecule has 0 aliphatic rings. The summed E-state index contributed by atoms with van der Waals surface area (Å²) in [6, 6.07) is 15.2. The average Bonchev–Trinajstić information content (AvgIpc) is 2.80. The summed E-state index contributed by atoms with van der Waals surface area (Å²) in [6.45, 7) is 4.20. The minimum Gasteiger partial charge on any atom is -0.242 e. The number of hydrogen-bond acceptors (Lipinski definition) is 2. The van der Waals surface area contributed by atoms with Crippen LogP contribution in [-0.4, -0.2) is 12.3 Å². The standard InChI is InChI=1S/C16H15BNS/c1-11-4-3-5-12(8-11)13-6-7-15-14(9-13)18-16(19-15)10-17-2/h3-9H,10H2,1-2H3. The summed E-state index contributed by atoms with van der Waals surface area (Å²) in [6.07, 6.45) is 0.957. The predicted octanol–water partition coefficient (Wildman–Crippen LogP) is 4.52. The molecule has 1 heterocycles. The van der Waals surface area contributed by atoms with Crippen molar-refractivity contribution in [2.45, 2.75) is 20.1 Å². The molecule has 0 N–H and O–H groups in total. The van der Waals surface area contributed by atoms with E-state index in [2.05, 4.69) is 63.5 Å². The zero-order valence-corrected chi connectivity index (χ0v) is 12.0. The lowest BCUT2D eigenvalue weighted by atomic mass is 9.79. The summed E-state index contributed by atoms with van der Waals surface area (Å²) in [5.74, 6) is 0. The molecule has 0 saturated heterocycles. The van der Waals surface area contributed by atoms with Crippen molar-refractivity contribution in [3.05, 3.63) is 53.0 Å². The van der Waals surface area contributed by atoms with Gasteiger partial charge in [0.1, 0.15) is 7.28 Å². The highest BCUT2D eigenvalue weighted by Crippen LogP contribution is 2.28. The molecule has 3 heteroatoms. The molecule has 0 spiro atoms. The second-order valence-corrected chi connectivity index (χ2v) is 5.89. The van der Waals surface area contributed by atoms with Gasteiger partial charge in [0, 0.05) is 0 Å². The average molecular weight is 264 g/mol. The molecule has 19 heavy (non-hydrogen) atoms. The Kier molecular flexibility index (Phi) is 3.39. The van der Waals surface area contributed by atoms with Gasteiger partial charge in [-0.1, -0.05) is 42.7 Å². The Morgan fingerprint density at radius 1 is 1.11 bits per heavy atom. The second-order valence-electron chi connectivity index (χ2n) is 4.77. The fraction of sp³-hybridized carbons (Fsp3) is 0.188. The fourth-order valence-corrected chi connectivity index (χ4v) is 3.23. The van der Waals surface area contributed by atoms with E-state index in [0.29, 0.717) is 0 Å². The quantitative estimate of drug-likeness (QED) is 0.633. The van der Waals surface area contributed by atoms with E-state index in [9.17, 15) is 0 Å². The van der Waals surface area contributed by atoms with Crippen molar-refractivity contribution in [1.29, 1.82) is 0 Å². The lowest BCUT2D eigenvalue weighted by molar-refractivity contribution is 1.29. The number of rotatable bonds is 3. The van der Waals surface area contributed by atoms with E-state index in [-0.39, 0.29) is 0 Å². The normalized spacial score (nSPS) is 10.8. The van der Waals surface area contributed by atoms with Gasteiger partial charge in [0.25, 0.3) is 0 Å². The highest BCUT2D eigenvalue weighted by Gasteiger charge is 2.05. The summed E-state index contributed by atoms with van der Waals surface area (Å²) in [4.78, 5) is 4.70. The van der Waals surface area contributed by atoms with Crippen molar-refractivity contribution in [1.82, 2.24) is 4.98 Å². The van der Waals surface area contributed by atoms with Gasteiger partial charge in [-0.15, -0.1) is 11.3 Å². The van der Waals surface area contributed by atoms with E-state index in [0.717, 1.165) is 11.8 Å². The van der Waals surface area contributed by atoms with Crippen molar-refractivity contribution in [3.63, 3.8) is 0 Å². The molecule has 2 aromatic carbocycles. The Labute approximate surface area is 118 Å². The van der Waals surface area contributed by atoms with E-state index >= 15 is 0 Å². The van der Waals surface area contributed by atoms with Crippen LogP contribution in [0.15, 0.2) is 42.5 Å². The minimum absolute atomic E-state index is 0.957. The van der Waals surface area contributed by atoms with Crippen molar-refractivity contribution < 1.29 is 0 Å². The van der Waals surface area contributed by atoms with Crippen LogP contribution in [0.25, 0.3) is 21.3 Å². The fourth-order valence-electron chi connectivity index (χ4n) is 2.24. The molecule has 0 amide bonds. The van der Waals surface area contributed by atoms with Gasteiger partial charge in [-0.05, 0) is 36.5 Å². The molecule has 0 aliphatic heterocycles. The first kappa shape index (κ1) is 12.4. The van der Waals surface area contributed by atoms with Gasteiger partial charge in [0.2, 0.25) is 0 Å². The molecule has 0 aliphatic carbocycles. The molecule has 3 aromatic rings. The van der Waals surface area contributed by atoms with Crippen LogP contribution in [-0.2, 0) is 6.32 Å². The van der Waals surface area contributed by atoms with Crippen LogP contribution in [0.4, 0.5) is 0 Å². The van der Waals surface area contributed by atoms with E-state index in [4.69, 9.17) is 4.98 Å². The summed E-state index contributed by atoms with van der Waals surface area (Å²) < 4.78 is 1.27. The molecule has 3 rings (SSSR count). The van der Waals surface area contributed by atoms with Crippen molar-refractivity contribution >= 4 is 28.8 Å². The first-order chi connectivity index (χ1) is 9.26. The number of fused-ring (bicyclic) bond motifs is 1.